The molecule has 0 saturated carbocycles. The highest BCUT2D eigenvalue weighted by Crippen LogP contribution is 2.32. The van der Waals surface area contributed by atoms with Gasteiger partial charge >= 0.3 is 0 Å². The topological polar surface area (TPSA) is 56.2 Å². The minimum absolute atomic E-state index is 0.0709. The highest BCUT2D eigenvalue weighted by atomic mass is 19.1. The monoisotopic (exact) mass is 433 g/mol. The van der Waals surface area contributed by atoms with Gasteiger partial charge in [-0.15, -0.1) is 0 Å². The van der Waals surface area contributed by atoms with E-state index in [9.17, 15) is 13.6 Å². The number of hydrogen-bond donors (Lipinski definition) is 1. The van der Waals surface area contributed by atoms with Crippen molar-refractivity contribution in [2.24, 2.45) is 0 Å². The number of rotatable bonds is 7. The summed E-state index contributed by atoms with van der Waals surface area (Å²) in [5.74, 6) is -0.678. The zero-order chi connectivity index (χ0) is 22.5. The van der Waals surface area contributed by atoms with Crippen LogP contribution in [0, 0.1) is 18.6 Å². The number of carbonyl (C=O) groups is 1. The molecule has 1 heterocycles. The first-order valence-corrected chi connectivity index (χ1v) is 10.1. The van der Waals surface area contributed by atoms with Crippen LogP contribution in [-0.4, -0.2) is 15.7 Å². The van der Waals surface area contributed by atoms with Crippen molar-refractivity contribution in [3.05, 3.63) is 102 Å². The van der Waals surface area contributed by atoms with E-state index in [1.54, 1.807) is 16.8 Å². The molecule has 1 N–H and O–H groups in total. The zero-order valence-corrected chi connectivity index (χ0v) is 17.4. The molecule has 0 spiro atoms. The fraction of sp³-hybridized carbons (Fsp3) is 0.120. The van der Waals surface area contributed by atoms with Crippen molar-refractivity contribution in [1.82, 2.24) is 9.78 Å². The molecule has 0 saturated heterocycles. The quantitative estimate of drug-likeness (QED) is 0.399. The van der Waals surface area contributed by atoms with E-state index in [-0.39, 0.29) is 23.9 Å². The molecule has 7 heteroatoms. The molecular weight excluding hydrogens is 412 g/mol. The van der Waals surface area contributed by atoms with Crippen LogP contribution < -0.4 is 10.1 Å². The van der Waals surface area contributed by atoms with Crippen molar-refractivity contribution in [3.63, 3.8) is 0 Å². The number of carbonyl (C=O) groups excluding carboxylic acids is 1. The van der Waals surface area contributed by atoms with E-state index in [1.807, 2.05) is 37.3 Å². The van der Waals surface area contributed by atoms with E-state index in [1.165, 1.54) is 36.4 Å². The fourth-order valence-corrected chi connectivity index (χ4v) is 3.30. The minimum Gasteiger partial charge on any atom is -0.436 e. The van der Waals surface area contributed by atoms with Gasteiger partial charge in [0.2, 0.25) is 11.8 Å². The molecule has 4 rings (SSSR count). The average molecular weight is 433 g/mol. The van der Waals surface area contributed by atoms with E-state index >= 15 is 0 Å². The largest absolute Gasteiger partial charge is 0.436 e. The molecule has 0 fully saturated rings. The van der Waals surface area contributed by atoms with Gasteiger partial charge in [-0.05, 0) is 61.9 Å². The molecule has 0 aliphatic rings. The predicted octanol–water partition coefficient (Wildman–Crippen LogP) is 5.82. The number of amides is 1. The van der Waals surface area contributed by atoms with Crippen LogP contribution in [0.5, 0.6) is 11.6 Å². The van der Waals surface area contributed by atoms with Crippen LogP contribution in [0.15, 0.2) is 78.9 Å². The highest BCUT2D eigenvalue weighted by molar-refractivity contribution is 5.90. The average Bonchev–Trinajstić information content (AvgIpc) is 3.11. The summed E-state index contributed by atoms with van der Waals surface area (Å²) in [4.78, 5) is 12.4. The maximum atomic E-state index is 14.3. The molecule has 1 amide bonds. The van der Waals surface area contributed by atoms with Gasteiger partial charge in [-0.2, -0.15) is 5.10 Å². The van der Waals surface area contributed by atoms with Crippen LogP contribution in [-0.2, 0) is 11.2 Å². The van der Waals surface area contributed by atoms with Gasteiger partial charge < -0.3 is 10.1 Å². The van der Waals surface area contributed by atoms with Gasteiger partial charge in [0.1, 0.15) is 5.82 Å². The van der Waals surface area contributed by atoms with Crippen LogP contribution >= 0.6 is 0 Å². The summed E-state index contributed by atoms with van der Waals surface area (Å²) in [6.45, 7) is 1.82. The van der Waals surface area contributed by atoms with Crippen molar-refractivity contribution < 1.29 is 18.3 Å². The van der Waals surface area contributed by atoms with Gasteiger partial charge in [-0.25, -0.2) is 13.5 Å². The summed E-state index contributed by atoms with van der Waals surface area (Å²) in [7, 11) is 0. The number of aromatic nitrogens is 2. The summed E-state index contributed by atoms with van der Waals surface area (Å²) < 4.78 is 34.9. The Bertz CT molecular complexity index is 1220. The number of nitrogens with one attached hydrogen (secondary N) is 1. The van der Waals surface area contributed by atoms with Gasteiger partial charge in [0.05, 0.1) is 11.4 Å². The molecule has 4 aromatic rings. The molecule has 0 aliphatic heterocycles. The Morgan fingerprint density at radius 2 is 1.66 bits per heavy atom. The van der Waals surface area contributed by atoms with Gasteiger partial charge in [0, 0.05) is 17.7 Å². The summed E-state index contributed by atoms with van der Waals surface area (Å²) >= 11 is 0. The van der Waals surface area contributed by atoms with E-state index < -0.39 is 5.82 Å². The van der Waals surface area contributed by atoms with Crippen LogP contribution in [0.3, 0.4) is 0 Å². The number of hydrogen-bond acceptors (Lipinski definition) is 3. The van der Waals surface area contributed by atoms with Crippen molar-refractivity contribution in [3.8, 4) is 17.3 Å². The first kappa shape index (κ1) is 21.2. The van der Waals surface area contributed by atoms with Crippen LogP contribution in [0.1, 0.15) is 17.7 Å². The Balaban J connectivity index is 1.60. The number of aryl methyl sites for hydroxylation is 1. The Morgan fingerprint density at radius 1 is 0.969 bits per heavy atom. The fourth-order valence-electron chi connectivity index (χ4n) is 3.30. The van der Waals surface area contributed by atoms with Gasteiger partial charge in [0.15, 0.2) is 11.6 Å². The lowest BCUT2D eigenvalue weighted by atomic mass is 10.1. The second-order valence-electron chi connectivity index (χ2n) is 7.20. The Hall–Kier alpha value is -4.00. The third-order valence-corrected chi connectivity index (χ3v) is 4.91. The number of halogens is 2. The van der Waals surface area contributed by atoms with Gasteiger partial charge in [-0.1, -0.05) is 30.3 Å². The first-order chi connectivity index (χ1) is 15.5. The molecule has 0 aliphatic carbocycles. The Labute approximate surface area is 184 Å². The Morgan fingerprint density at radius 3 is 2.38 bits per heavy atom. The predicted molar refractivity (Wildman–Crippen MR) is 118 cm³/mol. The number of benzene rings is 3. The molecule has 162 valence electrons. The van der Waals surface area contributed by atoms with E-state index in [0.717, 1.165) is 5.69 Å². The van der Waals surface area contributed by atoms with Crippen molar-refractivity contribution in [2.75, 3.05) is 5.32 Å². The lowest BCUT2D eigenvalue weighted by Gasteiger charge is -2.12. The number of para-hydroxylation sites is 2. The highest BCUT2D eigenvalue weighted by Gasteiger charge is 2.21. The van der Waals surface area contributed by atoms with Crippen molar-refractivity contribution >= 4 is 11.6 Å². The molecule has 0 radical (unpaired) electrons. The molecular formula is C25H21F2N3O2. The molecule has 0 bridgehead atoms. The first-order valence-electron chi connectivity index (χ1n) is 10.1. The van der Waals surface area contributed by atoms with Crippen molar-refractivity contribution in [2.45, 2.75) is 19.8 Å². The molecule has 0 unspecified atom stereocenters. The third kappa shape index (κ3) is 4.83. The standard InChI is InChI=1S/C25H21F2N3O2/c1-17-21(15-16-24(31)28-19-13-11-18(26)12-14-19)25(32-23-10-6-5-9-22(23)27)30(29-17)20-7-3-2-4-8-20/h2-14H,15-16H2,1H3,(H,28,31). The number of ether oxygens (including phenoxy) is 1. The van der Waals surface area contributed by atoms with E-state index in [0.29, 0.717) is 29.2 Å². The summed E-state index contributed by atoms with van der Waals surface area (Å²) in [5, 5.41) is 7.32. The van der Waals surface area contributed by atoms with E-state index in [4.69, 9.17) is 4.74 Å². The summed E-state index contributed by atoms with van der Waals surface area (Å²) in [6.07, 6.45) is 0.474. The van der Waals surface area contributed by atoms with Crippen LogP contribution in [0.2, 0.25) is 0 Å². The molecule has 3 aromatic carbocycles. The van der Waals surface area contributed by atoms with Crippen LogP contribution in [0.25, 0.3) is 5.69 Å². The molecule has 0 atom stereocenters. The molecule has 5 nitrogen and oxygen atoms in total. The lowest BCUT2D eigenvalue weighted by molar-refractivity contribution is -0.116. The van der Waals surface area contributed by atoms with Gasteiger partial charge in [-0.3, -0.25) is 4.79 Å². The van der Waals surface area contributed by atoms with Crippen molar-refractivity contribution in [1.29, 1.82) is 0 Å². The Kier molecular flexibility index (Phi) is 6.26. The molecule has 32 heavy (non-hydrogen) atoms. The number of nitrogens with zero attached hydrogens (tertiary/aromatic N) is 2. The minimum atomic E-state index is -0.494. The van der Waals surface area contributed by atoms with Crippen LogP contribution in [0.4, 0.5) is 14.5 Å². The molecule has 1 aromatic heterocycles. The zero-order valence-electron chi connectivity index (χ0n) is 17.4. The van der Waals surface area contributed by atoms with E-state index in [2.05, 4.69) is 10.4 Å². The lowest BCUT2D eigenvalue weighted by Crippen LogP contribution is -2.12. The smallest absolute Gasteiger partial charge is 0.226 e. The SMILES string of the molecule is Cc1nn(-c2ccccc2)c(Oc2ccccc2F)c1CCC(=O)Nc1ccc(F)cc1. The summed E-state index contributed by atoms with van der Waals surface area (Å²) in [6, 6.07) is 21.1. The maximum Gasteiger partial charge on any atom is 0.226 e. The normalized spacial score (nSPS) is 10.7. The van der Waals surface area contributed by atoms with Gasteiger partial charge in [0.25, 0.3) is 0 Å². The second kappa shape index (κ2) is 9.43. The number of anilines is 1. The summed E-state index contributed by atoms with van der Waals surface area (Å²) in [5.41, 5.74) is 2.64. The third-order valence-electron chi connectivity index (χ3n) is 4.91. The second-order valence-corrected chi connectivity index (χ2v) is 7.20. The maximum absolute atomic E-state index is 14.3.